The third-order valence-electron chi connectivity index (χ3n) is 8.83. The summed E-state index contributed by atoms with van der Waals surface area (Å²) in [7, 11) is 0. The van der Waals surface area contributed by atoms with Crippen LogP contribution in [0.2, 0.25) is 0 Å². The van der Waals surface area contributed by atoms with Crippen LogP contribution in [0, 0.1) is 6.92 Å². The summed E-state index contributed by atoms with van der Waals surface area (Å²) in [6.45, 7) is 11.7. The van der Waals surface area contributed by atoms with Crippen LogP contribution in [0.25, 0.3) is 22.2 Å². The van der Waals surface area contributed by atoms with Gasteiger partial charge in [-0.1, -0.05) is 87.4 Å². The van der Waals surface area contributed by atoms with E-state index in [1.807, 2.05) is 18.2 Å². The van der Waals surface area contributed by atoms with Crippen LogP contribution in [0.3, 0.4) is 0 Å². The number of unbranched alkanes of at least 4 members (excludes halogenated alkanes) is 2. The van der Waals surface area contributed by atoms with Crippen molar-refractivity contribution >= 4 is 22.6 Å². The van der Waals surface area contributed by atoms with Gasteiger partial charge in [0.2, 0.25) is 0 Å². The van der Waals surface area contributed by atoms with Gasteiger partial charge in [-0.05, 0) is 62.1 Å². The number of cyclic esters (lactones) is 1. The molecule has 6 rings (SSSR count). The lowest BCUT2D eigenvalue weighted by molar-refractivity contribution is 0.0253. The van der Waals surface area contributed by atoms with E-state index >= 15 is 0 Å². The van der Waals surface area contributed by atoms with E-state index in [-0.39, 0.29) is 5.97 Å². The van der Waals surface area contributed by atoms with Gasteiger partial charge in [0.15, 0.2) is 11.3 Å². The van der Waals surface area contributed by atoms with Crippen molar-refractivity contribution in [3.8, 4) is 11.3 Å². The molecule has 3 aromatic carbocycles. The van der Waals surface area contributed by atoms with Gasteiger partial charge < -0.3 is 14.2 Å². The van der Waals surface area contributed by atoms with Crippen LogP contribution in [0.4, 0.5) is 5.69 Å². The number of aromatic nitrogens is 2. The molecule has 0 bridgehead atoms. The molecule has 5 heteroatoms. The van der Waals surface area contributed by atoms with E-state index in [0.29, 0.717) is 5.69 Å². The second kappa shape index (κ2) is 12.1. The fourth-order valence-electron chi connectivity index (χ4n) is 6.81. The third-order valence-corrected chi connectivity index (χ3v) is 8.83. The molecule has 43 heavy (non-hydrogen) atoms. The first kappa shape index (κ1) is 28.7. The molecule has 0 N–H and O–H groups in total. The number of hydrogen-bond donors (Lipinski definition) is 0. The van der Waals surface area contributed by atoms with Gasteiger partial charge in [-0.15, -0.1) is 0 Å². The molecule has 5 aromatic rings. The Morgan fingerprint density at radius 3 is 2.26 bits per heavy atom. The number of anilines is 1. The molecule has 1 atom stereocenters. The van der Waals surface area contributed by atoms with Crippen molar-refractivity contribution < 1.29 is 9.53 Å². The Hall–Kier alpha value is -4.38. The van der Waals surface area contributed by atoms with Crippen LogP contribution in [0.1, 0.15) is 79.2 Å². The highest BCUT2D eigenvalue weighted by atomic mass is 16.6. The number of esters is 1. The molecule has 1 aliphatic heterocycles. The van der Waals surface area contributed by atoms with Crippen molar-refractivity contribution in [3.63, 3.8) is 0 Å². The number of rotatable bonds is 11. The lowest BCUT2D eigenvalue weighted by atomic mass is 9.76. The standard InChI is InChI=1S/C38H41N3O2/c1-5-8-24-40(25-9-6-2)29-21-22-31(27(4)26-29)38(32-19-15-23-39-35(32)37(42)43-38)34-30-18-13-14-20-33(30)41(7-3)36(34)28-16-11-10-12-17-28/h10-23,26H,5-9,24-25H2,1-4H3. The molecule has 1 unspecified atom stereocenters. The molecule has 0 amide bonds. The number of carbonyl (C=O) groups is 1. The summed E-state index contributed by atoms with van der Waals surface area (Å²) >= 11 is 0. The first-order chi connectivity index (χ1) is 21.0. The SMILES string of the molecule is CCCCN(CCCC)c1ccc(C2(c3c(-c4ccccc4)n(CC)c4ccccc34)OC(=O)c3ncccc32)c(C)c1. The molecular formula is C38H41N3O2. The van der Waals surface area contributed by atoms with Crippen LogP contribution in [-0.2, 0) is 16.9 Å². The van der Waals surface area contributed by atoms with Crippen LogP contribution in [0.15, 0.2) is 91.1 Å². The van der Waals surface area contributed by atoms with Gasteiger partial charge in [-0.2, -0.15) is 0 Å². The maximum Gasteiger partial charge on any atom is 0.358 e. The van der Waals surface area contributed by atoms with Gasteiger partial charge in [0, 0.05) is 59.1 Å². The van der Waals surface area contributed by atoms with E-state index in [0.717, 1.165) is 89.7 Å². The van der Waals surface area contributed by atoms with E-state index in [9.17, 15) is 4.79 Å². The summed E-state index contributed by atoms with van der Waals surface area (Å²) in [4.78, 5) is 20.8. The Balaban J connectivity index is 1.67. The zero-order valence-electron chi connectivity index (χ0n) is 25.8. The minimum atomic E-state index is -1.16. The lowest BCUT2D eigenvalue weighted by Crippen LogP contribution is -2.32. The van der Waals surface area contributed by atoms with Crippen molar-refractivity contribution in [2.75, 3.05) is 18.0 Å². The van der Waals surface area contributed by atoms with Crippen LogP contribution < -0.4 is 4.90 Å². The van der Waals surface area contributed by atoms with Crippen molar-refractivity contribution in [2.45, 2.75) is 65.5 Å². The molecule has 0 saturated heterocycles. The molecule has 0 radical (unpaired) electrons. The summed E-state index contributed by atoms with van der Waals surface area (Å²) in [5, 5.41) is 1.07. The van der Waals surface area contributed by atoms with Crippen molar-refractivity contribution in [1.82, 2.24) is 9.55 Å². The number of pyridine rings is 1. The van der Waals surface area contributed by atoms with Gasteiger partial charge >= 0.3 is 5.97 Å². The number of carbonyl (C=O) groups excluding carboxylic acids is 1. The minimum absolute atomic E-state index is 0.380. The highest BCUT2D eigenvalue weighted by molar-refractivity contribution is 6.00. The molecule has 5 nitrogen and oxygen atoms in total. The Labute approximate surface area is 255 Å². The Kier molecular flexibility index (Phi) is 8.07. The molecule has 0 spiro atoms. The fraction of sp³-hybridized carbons (Fsp3) is 0.316. The Morgan fingerprint density at radius 2 is 1.56 bits per heavy atom. The maximum absolute atomic E-state index is 13.7. The molecule has 2 aromatic heterocycles. The predicted octanol–water partition coefficient (Wildman–Crippen LogP) is 8.90. The highest BCUT2D eigenvalue weighted by Gasteiger charge is 2.53. The number of benzene rings is 3. The normalized spacial score (nSPS) is 16.0. The quantitative estimate of drug-likeness (QED) is 0.149. The van der Waals surface area contributed by atoms with Gasteiger partial charge in [-0.3, -0.25) is 0 Å². The second-order valence-corrected chi connectivity index (χ2v) is 11.5. The van der Waals surface area contributed by atoms with E-state index in [1.54, 1.807) is 6.20 Å². The van der Waals surface area contributed by atoms with E-state index in [4.69, 9.17) is 4.74 Å². The zero-order chi connectivity index (χ0) is 30.0. The maximum atomic E-state index is 13.7. The van der Waals surface area contributed by atoms with Crippen molar-refractivity contribution in [3.05, 3.63) is 119 Å². The monoisotopic (exact) mass is 571 g/mol. The Bertz CT molecular complexity index is 1750. The molecule has 0 fully saturated rings. The molecule has 1 aliphatic rings. The van der Waals surface area contributed by atoms with Crippen molar-refractivity contribution in [2.24, 2.45) is 0 Å². The summed E-state index contributed by atoms with van der Waals surface area (Å²) in [5.74, 6) is -0.390. The molecule has 0 aliphatic carbocycles. The van der Waals surface area contributed by atoms with Crippen LogP contribution in [0.5, 0.6) is 0 Å². The fourth-order valence-corrected chi connectivity index (χ4v) is 6.81. The van der Waals surface area contributed by atoms with Crippen LogP contribution >= 0.6 is 0 Å². The summed E-state index contributed by atoms with van der Waals surface area (Å²) < 4.78 is 9.05. The third kappa shape index (κ3) is 4.81. The smallest absolute Gasteiger partial charge is 0.358 e. The van der Waals surface area contributed by atoms with E-state index < -0.39 is 5.60 Å². The molecule has 0 saturated carbocycles. The number of para-hydroxylation sites is 1. The molecule has 220 valence electrons. The second-order valence-electron chi connectivity index (χ2n) is 11.5. The summed E-state index contributed by atoms with van der Waals surface area (Å²) in [5.41, 5.74) is 7.54. The average Bonchev–Trinajstić information content (AvgIpc) is 3.54. The first-order valence-corrected chi connectivity index (χ1v) is 15.8. The van der Waals surface area contributed by atoms with E-state index in [2.05, 4.69) is 109 Å². The number of nitrogens with zero attached hydrogens (tertiary/aromatic N) is 3. The van der Waals surface area contributed by atoms with E-state index in [1.165, 1.54) is 5.69 Å². The molecular weight excluding hydrogens is 530 g/mol. The number of aryl methyl sites for hydroxylation is 2. The number of hydrogen-bond acceptors (Lipinski definition) is 4. The van der Waals surface area contributed by atoms with Gasteiger partial charge in [-0.25, -0.2) is 9.78 Å². The van der Waals surface area contributed by atoms with Crippen molar-refractivity contribution in [1.29, 1.82) is 0 Å². The first-order valence-electron chi connectivity index (χ1n) is 15.8. The summed E-state index contributed by atoms with van der Waals surface area (Å²) in [6, 6.07) is 29.6. The largest absolute Gasteiger partial charge is 0.439 e. The topological polar surface area (TPSA) is 47.4 Å². The zero-order valence-corrected chi connectivity index (χ0v) is 25.8. The summed E-state index contributed by atoms with van der Waals surface area (Å²) in [6.07, 6.45) is 6.31. The lowest BCUT2D eigenvalue weighted by Gasteiger charge is -2.33. The van der Waals surface area contributed by atoms with Crippen LogP contribution in [-0.4, -0.2) is 28.6 Å². The van der Waals surface area contributed by atoms with Gasteiger partial charge in [0.25, 0.3) is 0 Å². The van der Waals surface area contributed by atoms with Gasteiger partial charge in [0.05, 0.1) is 5.69 Å². The molecule has 3 heterocycles. The average molecular weight is 572 g/mol. The Morgan fingerprint density at radius 1 is 0.837 bits per heavy atom. The predicted molar refractivity (Wildman–Crippen MR) is 176 cm³/mol. The van der Waals surface area contributed by atoms with Gasteiger partial charge in [0.1, 0.15) is 0 Å². The highest BCUT2D eigenvalue weighted by Crippen LogP contribution is 2.53. The number of fused-ring (bicyclic) bond motifs is 2. The number of ether oxygens (including phenoxy) is 1. The minimum Gasteiger partial charge on any atom is -0.439 e.